The lowest BCUT2D eigenvalue weighted by Crippen LogP contribution is -2.30. The summed E-state index contributed by atoms with van der Waals surface area (Å²) in [5, 5.41) is 3.69. The van der Waals surface area contributed by atoms with Crippen molar-refractivity contribution in [2.45, 2.75) is 29.4 Å². The molecule has 3 aromatic rings. The van der Waals surface area contributed by atoms with Crippen LogP contribution in [0.2, 0.25) is 0 Å². The van der Waals surface area contributed by atoms with Crippen LogP contribution in [0, 0.1) is 12.8 Å². The second-order valence-electron chi connectivity index (χ2n) is 7.86. The van der Waals surface area contributed by atoms with Crippen molar-refractivity contribution in [3.8, 4) is 0 Å². The molecule has 2 nitrogen and oxygen atoms in total. The summed E-state index contributed by atoms with van der Waals surface area (Å²) in [4.78, 5) is 14.7. The van der Waals surface area contributed by atoms with Crippen LogP contribution >= 0.6 is 11.8 Å². The summed E-state index contributed by atoms with van der Waals surface area (Å²) in [5.41, 5.74) is 5.77. The molecule has 1 aliphatic carbocycles. The Bertz CT molecular complexity index is 1070. The number of benzene rings is 3. The van der Waals surface area contributed by atoms with Crippen LogP contribution in [0.5, 0.6) is 0 Å². The molecule has 0 aromatic heterocycles. The summed E-state index contributed by atoms with van der Waals surface area (Å²) in [7, 11) is 0. The molecule has 0 saturated heterocycles. The Morgan fingerprint density at radius 3 is 2.38 bits per heavy atom. The average Bonchev–Trinajstić information content (AvgIpc) is 2.92. The van der Waals surface area contributed by atoms with Gasteiger partial charge in [-0.15, -0.1) is 11.8 Å². The SMILES string of the molecule is Cc1ccc([C@@H]2Sc3ccccc3NC3=C[C@H](c4ccccc4)CC(=O)[C@H]32)cc1. The van der Waals surface area contributed by atoms with Crippen molar-refractivity contribution in [3.63, 3.8) is 0 Å². The van der Waals surface area contributed by atoms with Crippen molar-refractivity contribution >= 4 is 23.2 Å². The van der Waals surface area contributed by atoms with E-state index in [1.165, 1.54) is 21.6 Å². The van der Waals surface area contributed by atoms with E-state index < -0.39 is 0 Å². The summed E-state index contributed by atoms with van der Waals surface area (Å²) in [6.45, 7) is 2.10. The number of carbonyl (C=O) groups is 1. The van der Waals surface area contributed by atoms with Gasteiger partial charge < -0.3 is 5.32 Å². The smallest absolute Gasteiger partial charge is 0.144 e. The minimum atomic E-state index is -0.157. The second kappa shape index (κ2) is 7.57. The summed E-state index contributed by atoms with van der Waals surface area (Å²) >= 11 is 1.80. The molecule has 0 spiro atoms. The van der Waals surface area contributed by atoms with E-state index in [-0.39, 0.29) is 17.1 Å². The average molecular weight is 398 g/mol. The molecule has 144 valence electrons. The van der Waals surface area contributed by atoms with Gasteiger partial charge in [-0.05, 0) is 30.2 Å². The van der Waals surface area contributed by atoms with Gasteiger partial charge >= 0.3 is 0 Å². The molecule has 3 atom stereocenters. The van der Waals surface area contributed by atoms with Crippen LogP contribution in [-0.2, 0) is 4.79 Å². The third-order valence-corrected chi connectivity index (χ3v) is 7.25. The molecular formula is C26H23NOS. The number of allylic oxidation sites excluding steroid dienone is 2. The van der Waals surface area contributed by atoms with Gasteiger partial charge in [0, 0.05) is 28.2 Å². The largest absolute Gasteiger partial charge is 0.358 e. The molecule has 1 heterocycles. The summed E-state index contributed by atoms with van der Waals surface area (Å²) in [6, 6.07) is 27.4. The van der Waals surface area contributed by atoms with Crippen molar-refractivity contribution in [2.75, 3.05) is 5.32 Å². The molecule has 5 rings (SSSR count). The van der Waals surface area contributed by atoms with E-state index in [0.29, 0.717) is 12.2 Å². The number of nitrogens with one attached hydrogen (secondary N) is 1. The summed E-state index contributed by atoms with van der Waals surface area (Å²) < 4.78 is 0. The molecule has 0 bridgehead atoms. The number of fused-ring (bicyclic) bond motifs is 2. The lowest BCUT2D eigenvalue weighted by atomic mass is 9.78. The zero-order valence-corrected chi connectivity index (χ0v) is 17.2. The molecule has 0 saturated carbocycles. The quantitative estimate of drug-likeness (QED) is 0.534. The lowest BCUT2D eigenvalue weighted by molar-refractivity contribution is -0.122. The Morgan fingerprint density at radius 2 is 1.59 bits per heavy atom. The topological polar surface area (TPSA) is 29.1 Å². The maximum Gasteiger partial charge on any atom is 0.144 e. The number of hydrogen-bond acceptors (Lipinski definition) is 3. The van der Waals surface area contributed by atoms with E-state index in [1.54, 1.807) is 11.8 Å². The summed E-state index contributed by atoms with van der Waals surface area (Å²) in [6.07, 6.45) is 2.84. The number of aryl methyl sites for hydroxylation is 1. The zero-order valence-electron chi connectivity index (χ0n) is 16.3. The summed E-state index contributed by atoms with van der Waals surface area (Å²) in [5.74, 6) is 0.279. The monoisotopic (exact) mass is 397 g/mol. The van der Waals surface area contributed by atoms with E-state index in [2.05, 4.69) is 72.9 Å². The Labute approximate surface area is 176 Å². The van der Waals surface area contributed by atoms with Gasteiger partial charge in [0.25, 0.3) is 0 Å². The van der Waals surface area contributed by atoms with Gasteiger partial charge in [0.1, 0.15) is 5.78 Å². The van der Waals surface area contributed by atoms with Crippen LogP contribution in [0.15, 0.2) is 95.5 Å². The number of Topliss-reactive ketones (excluding diaryl/α,β-unsaturated/α-hetero) is 1. The third-order valence-electron chi connectivity index (χ3n) is 5.84. The Morgan fingerprint density at radius 1 is 0.862 bits per heavy atom. The minimum Gasteiger partial charge on any atom is -0.358 e. The molecule has 3 heteroatoms. The van der Waals surface area contributed by atoms with Gasteiger partial charge in [-0.1, -0.05) is 78.4 Å². The van der Waals surface area contributed by atoms with Crippen LogP contribution in [0.4, 0.5) is 5.69 Å². The van der Waals surface area contributed by atoms with Gasteiger partial charge in [-0.2, -0.15) is 0 Å². The highest BCUT2D eigenvalue weighted by atomic mass is 32.2. The molecular weight excluding hydrogens is 374 g/mol. The fourth-order valence-electron chi connectivity index (χ4n) is 4.31. The van der Waals surface area contributed by atoms with Crippen LogP contribution < -0.4 is 5.32 Å². The standard InChI is InChI=1S/C26H23NOS/c1-17-11-13-19(14-12-17)26-25-22(27-21-9-5-6-10-24(21)29-26)15-20(16-23(25)28)18-7-3-2-4-8-18/h2-15,20,25-27H,16H2,1H3/t20-,25-,26-/m0/s1. The van der Waals surface area contributed by atoms with Gasteiger partial charge in [0.2, 0.25) is 0 Å². The van der Waals surface area contributed by atoms with Gasteiger partial charge in [0.05, 0.1) is 11.6 Å². The zero-order chi connectivity index (χ0) is 19.8. The maximum absolute atomic E-state index is 13.5. The Kier molecular flexibility index (Phi) is 4.76. The highest BCUT2D eigenvalue weighted by Crippen LogP contribution is 2.51. The molecule has 0 fully saturated rings. The number of hydrogen-bond donors (Lipinski definition) is 1. The van der Waals surface area contributed by atoms with Crippen molar-refractivity contribution in [1.82, 2.24) is 0 Å². The van der Waals surface area contributed by atoms with E-state index in [0.717, 1.165) is 11.4 Å². The van der Waals surface area contributed by atoms with Crippen LogP contribution in [0.25, 0.3) is 0 Å². The minimum absolute atomic E-state index is 0.0715. The molecule has 3 aromatic carbocycles. The van der Waals surface area contributed by atoms with Crippen molar-refractivity contribution in [1.29, 1.82) is 0 Å². The fourth-order valence-corrected chi connectivity index (χ4v) is 5.72. The molecule has 0 unspecified atom stereocenters. The van der Waals surface area contributed by atoms with Crippen molar-refractivity contribution in [2.24, 2.45) is 5.92 Å². The molecule has 1 aliphatic heterocycles. The van der Waals surface area contributed by atoms with Crippen LogP contribution in [0.3, 0.4) is 0 Å². The molecule has 0 radical (unpaired) electrons. The normalized spacial score (nSPS) is 23.3. The second-order valence-corrected chi connectivity index (χ2v) is 9.04. The Balaban J connectivity index is 1.62. The van der Waals surface area contributed by atoms with Gasteiger partial charge in [-0.25, -0.2) is 0 Å². The van der Waals surface area contributed by atoms with E-state index in [4.69, 9.17) is 0 Å². The van der Waals surface area contributed by atoms with E-state index in [9.17, 15) is 4.79 Å². The fraction of sp³-hybridized carbons (Fsp3) is 0.192. The third kappa shape index (κ3) is 3.51. The first-order chi connectivity index (χ1) is 14.2. The van der Waals surface area contributed by atoms with Gasteiger partial charge in [0.15, 0.2) is 0 Å². The first-order valence-electron chi connectivity index (χ1n) is 10.1. The number of carbonyl (C=O) groups excluding carboxylic acids is 1. The maximum atomic E-state index is 13.5. The lowest BCUT2D eigenvalue weighted by Gasteiger charge is -2.31. The predicted octanol–water partition coefficient (Wildman–Crippen LogP) is 6.51. The highest BCUT2D eigenvalue weighted by molar-refractivity contribution is 7.99. The first-order valence-corrected chi connectivity index (χ1v) is 11.0. The van der Waals surface area contributed by atoms with Crippen molar-refractivity contribution < 1.29 is 4.79 Å². The number of ketones is 1. The van der Waals surface area contributed by atoms with E-state index in [1.807, 2.05) is 24.3 Å². The molecule has 0 amide bonds. The molecule has 29 heavy (non-hydrogen) atoms. The van der Waals surface area contributed by atoms with Crippen LogP contribution in [-0.4, -0.2) is 5.78 Å². The number of para-hydroxylation sites is 1. The van der Waals surface area contributed by atoms with Crippen LogP contribution in [0.1, 0.15) is 34.3 Å². The predicted molar refractivity (Wildman–Crippen MR) is 120 cm³/mol. The first kappa shape index (κ1) is 18.3. The molecule has 2 aliphatic rings. The number of anilines is 1. The highest BCUT2D eigenvalue weighted by Gasteiger charge is 2.40. The van der Waals surface area contributed by atoms with Crippen molar-refractivity contribution in [3.05, 3.63) is 107 Å². The van der Waals surface area contributed by atoms with E-state index >= 15 is 0 Å². The number of rotatable bonds is 2. The van der Waals surface area contributed by atoms with Gasteiger partial charge in [-0.3, -0.25) is 4.79 Å². The number of thioether (sulfide) groups is 1. The Hall–Kier alpha value is -2.78. The molecule has 1 N–H and O–H groups in total.